The zero-order valence-corrected chi connectivity index (χ0v) is 10.8. The number of carbonyl (C=O) groups is 1. The minimum absolute atomic E-state index is 0.331. The molecule has 0 fully saturated rings. The van der Waals surface area contributed by atoms with E-state index in [2.05, 4.69) is 5.92 Å². The predicted molar refractivity (Wildman–Crippen MR) is 71.9 cm³/mol. The van der Waals surface area contributed by atoms with Gasteiger partial charge in [-0.3, -0.25) is 0 Å². The molecule has 1 aromatic carbocycles. The van der Waals surface area contributed by atoms with Gasteiger partial charge in [-0.15, -0.1) is 18.2 Å². The van der Waals surface area contributed by atoms with Crippen LogP contribution in [0.3, 0.4) is 0 Å². The van der Waals surface area contributed by atoms with Gasteiger partial charge in [0.25, 0.3) is 0 Å². The lowest BCUT2D eigenvalue weighted by Crippen LogP contribution is -2.25. The fourth-order valence-electron chi connectivity index (χ4n) is 1.65. The highest BCUT2D eigenvalue weighted by Crippen LogP contribution is 2.29. The molecule has 0 bridgehead atoms. The van der Waals surface area contributed by atoms with Crippen LogP contribution in [0.2, 0.25) is 0 Å². The van der Waals surface area contributed by atoms with Gasteiger partial charge in [0.15, 0.2) is 0 Å². The maximum atomic E-state index is 11.3. The molecule has 0 aliphatic rings. The second-order valence-corrected chi connectivity index (χ2v) is 4.23. The van der Waals surface area contributed by atoms with E-state index >= 15 is 0 Å². The summed E-state index contributed by atoms with van der Waals surface area (Å²) in [6.07, 6.45) is 7.16. The number of carboxylic acids is 1. The molecule has 0 atom stereocenters. The zero-order valence-electron chi connectivity index (χ0n) is 9.93. The number of thioether (sulfide) groups is 1. The molecule has 0 heterocycles. The maximum absolute atomic E-state index is 11.3. The summed E-state index contributed by atoms with van der Waals surface area (Å²) in [6.45, 7) is 3.05. The first-order chi connectivity index (χ1) is 8.15. The van der Waals surface area contributed by atoms with Gasteiger partial charge in [0.2, 0.25) is 0 Å². The van der Waals surface area contributed by atoms with Gasteiger partial charge in [-0.05, 0) is 25.3 Å². The van der Waals surface area contributed by atoms with E-state index < -0.39 is 5.97 Å². The van der Waals surface area contributed by atoms with Crippen molar-refractivity contribution in [3.05, 3.63) is 23.8 Å². The van der Waals surface area contributed by atoms with Crippen molar-refractivity contribution in [1.29, 1.82) is 0 Å². The molecule has 1 aromatic rings. The van der Waals surface area contributed by atoms with Crippen molar-refractivity contribution in [3.8, 4) is 12.3 Å². The molecule has 0 amide bonds. The van der Waals surface area contributed by atoms with Gasteiger partial charge >= 0.3 is 5.97 Å². The van der Waals surface area contributed by atoms with E-state index in [9.17, 15) is 9.90 Å². The summed E-state index contributed by atoms with van der Waals surface area (Å²) in [5.41, 5.74) is 1.02. The summed E-state index contributed by atoms with van der Waals surface area (Å²) in [7, 11) is 0. The average molecular weight is 249 g/mol. The summed E-state index contributed by atoms with van der Waals surface area (Å²) >= 11 is 1.42. The number of hydrogen-bond acceptors (Lipinski definition) is 3. The van der Waals surface area contributed by atoms with E-state index in [4.69, 9.17) is 6.42 Å². The second-order valence-electron chi connectivity index (χ2n) is 3.38. The van der Waals surface area contributed by atoms with Crippen molar-refractivity contribution in [2.45, 2.75) is 11.8 Å². The SMILES string of the molecule is C#CCN(CC)c1cccc(SC)c1C(=O)O. The van der Waals surface area contributed by atoms with Crippen molar-refractivity contribution < 1.29 is 9.90 Å². The van der Waals surface area contributed by atoms with Crippen LogP contribution in [0, 0.1) is 12.3 Å². The van der Waals surface area contributed by atoms with Crippen molar-refractivity contribution >= 4 is 23.4 Å². The van der Waals surface area contributed by atoms with E-state index in [-0.39, 0.29) is 0 Å². The Morgan fingerprint density at radius 3 is 2.76 bits per heavy atom. The molecule has 0 aliphatic heterocycles. The lowest BCUT2D eigenvalue weighted by Gasteiger charge is -2.23. The van der Waals surface area contributed by atoms with Crippen LogP contribution in [0.1, 0.15) is 17.3 Å². The third-order valence-electron chi connectivity index (χ3n) is 2.44. The van der Waals surface area contributed by atoms with Crippen LogP contribution in [-0.4, -0.2) is 30.4 Å². The summed E-state index contributed by atoms with van der Waals surface area (Å²) in [6, 6.07) is 5.46. The molecule has 0 spiro atoms. The molecule has 90 valence electrons. The predicted octanol–water partition coefficient (Wildman–Crippen LogP) is 2.57. The van der Waals surface area contributed by atoms with Crippen LogP contribution < -0.4 is 4.90 Å². The van der Waals surface area contributed by atoms with Crippen LogP contribution in [0.5, 0.6) is 0 Å². The smallest absolute Gasteiger partial charge is 0.338 e. The van der Waals surface area contributed by atoms with Crippen molar-refractivity contribution in [2.75, 3.05) is 24.2 Å². The van der Waals surface area contributed by atoms with Crippen LogP contribution >= 0.6 is 11.8 Å². The van der Waals surface area contributed by atoms with Crippen LogP contribution in [0.4, 0.5) is 5.69 Å². The first-order valence-electron chi connectivity index (χ1n) is 5.24. The lowest BCUT2D eigenvalue weighted by atomic mass is 10.1. The fraction of sp³-hybridized carbons (Fsp3) is 0.308. The Morgan fingerprint density at radius 1 is 1.59 bits per heavy atom. The zero-order chi connectivity index (χ0) is 12.8. The number of benzene rings is 1. The quantitative estimate of drug-likeness (QED) is 0.643. The average Bonchev–Trinajstić information content (AvgIpc) is 2.34. The standard InChI is InChI=1S/C13H15NO2S/c1-4-9-14(5-2)10-7-6-8-11(17-3)12(10)13(15)16/h1,6-8H,5,9H2,2-3H3,(H,15,16). The number of nitrogens with zero attached hydrogens (tertiary/aromatic N) is 1. The van der Waals surface area contributed by atoms with Gasteiger partial charge in [-0.2, -0.15) is 0 Å². The van der Waals surface area contributed by atoms with Crippen molar-refractivity contribution in [3.63, 3.8) is 0 Å². The number of anilines is 1. The van der Waals surface area contributed by atoms with Crippen LogP contribution in [0.15, 0.2) is 23.1 Å². The normalized spacial score (nSPS) is 9.71. The minimum atomic E-state index is -0.916. The fourth-order valence-corrected chi connectivity index (χ4v) is 2.26. The summed E-state index contributed by atoms with van der Waals surface area (Å²) in [5, 5.41) is 9.30. The van der Waals surface area contributed by atoms with Crippen LogP contribution in [-0.2, 0) is 0 Å². The topological polar surface area (TPSA) is 40.5 Å². The van der Waals surface area contributed by atoms with Crippen molar-refractivity contribution in [2.24, 2.45) is 0 Å². The second kappa shape index (κ2) is 6.21. The first-order valence-corrected chi connectivity index (χ1v) is 6.46. The number of terminal acetylenes is 1. The lowest BCUT2D eigenvalue weighted by molar-refractivity contribution is 0.0694. The number of hydrogen-bond donors (Lipinski definition) is 1. The van der Waals surface area contributed by atoms with Gasteiger partial charge in [0.05, 0.1) is 17.8 Å². The highest BCUT2D eigenvalue weighted by Gasteiger charge is 2.18. The number of aromatic carboxylic acids is 1. The molecule has 0 aliphatic carbocycles. The number of carboxylic acid groups (broad SMARTS) is 1. The Labute approximate surface area is 106 Å². The molecular weight excluding hydrogens is 234 g/mol. The van der Waals surface area contributed by atoms with Crippen molar-refractivity contribution in [1.82, 2.24) is 0 Å². The highest BCUT2D eigenvalue weighted by atomic mass is 32.2. The molecular formula is C13H15NO2S. The molecule has 4 heteroatoms. The number of rotatable bonds is 5. The third-order valence-corrected chi connectivity index (χ3v) is 3.22. The first kappa shape index (κ1) is 13.5. The van der Waals surface area contributed by atoms with Crippen LogP contribution in [0.25, 0.3) is 0 Å². The highest BCUT2D eigenvalue weighted by molar-refractivity contribution is 7.98. The Morgan fingerprint density at radius 2 is 2.29 bits per heavy atom. The largest absolute Gasteiger partial charge is 0.478 e. The minimum Gasteiger partial charge on any atom is -0.478 e. The molecule has 0 saturated carbocycles. The molecule has 3 nitrogen and oxygen atoms in total. The van der Waals surface area contributed by atoms with Gasteiger partial charge in [0.1, 0.15) is 0 Å². The Kier molecular flexibility index (Phi) is 4.92. The van der Waals surface area contributed by atoms with E-state index in [1.54, 1.807) is 12.1 Å². The monoisotopic (exact) mass is 249 g/mol. The summed E-state index contributed by atoms with van der Waals surface area (Å²) in [5.74, 6) is 1.63. The molecule has 17 heavy (non-hydrogen) atoms. The Hall–Kier alpha value is -1.60. The summed E-state index contributed by atoms with van der Waals surface area (Å²) in [4.78, 5) is 14.0. The maximum Gasteiger partial charge on any atom is 0.338 e. The van der Waals surface area contributed by atoms with Gasteiger partial charge < -0.3 is 10.0 Å². The summed E-state index contributed by atoms with van der Waals surface area (Å²) < 4.78 is 0. The third kappa shape index (κ3) is 2.95. The Balaban J connectivity index is 3.31. The van der Waals surface area contributed by atoms with Gasteiger partial charge in [-0.1, -0.05) is 12.0 Å². The van der Waals surface area contributed by atoms with E-state index in [1.807, 2.05) is 24.1 Å². The molecule has 1 N–H and O–H groups in total. The molecule has 0 radical (unpaired) electrons. The molecule has 1 rings (SSSR count). The van der Waals surface area contributed by atoms with Gasteiger partial charge in [-0.25, -0.2) is 4.79 Å². The molecule has 0 unspecified atom stereocenters. The van der Waals surface area contributed by atoms with Gasteiger partial charge in [0, 0.05) is 11.4 Å². The van der Waals surface area contributed by atoms with E-state index in [1.165, 1.54) is 11.8 Å². The Bertz CT molecular complexity index is 451. The molecule has 0 saturated heterocycles. The van der Waals surface area contributed by atoms with E-state index in [0.29, 0.717) is 24.3 Å². The molecule has 0 aromatic heterocycles. The van der Waals surface area contributed by atoms with E-state index in [0.717, 1.165) is 4.90 Å².